The van der Waals surface area contributed by atoms with E-state index in [9.17, 15) is 15.0 Å². The summed E-state index contributed by atoms with van der Waals surface area (Å²) in [5.74, 6) is 3.99. The number of carbonyl (C=O) groups excluding carboxylic acids is 1. The summed E-state index contributed by atoms with van der Waals surface area (Å²) in [5, 5.41) is 19.8. The van der Waals surface area contributed by atoms with Gasteiger partial charge in [0.15, 0.2) is 5.78 Å². The van der Waals surface area contributed by atoms with Crippen LogP contribution in [0.15, 0.2) is 0 Å². The fourth-order valence-electron chi connectivity index (χ4n) is 7.72. The monoisotopic (exact) mass is 334 g/mol. The molecule has 4 saturated carbocycles. The number of carbonyl (C=O) groups is 1. The van der Waals surface area contributed by atoms with Gasteiger partial charge in [0.05, 0.1) is 5.60 Å². The lowest BCUT2D eigenvalue weighted by atomic mass is 9.49. The van der Waals surface area contributed by atoms with Crippen molar-refractivity contribution in [1.29, 1.82) is 0 Å². The van der Waals surface area contributed by atoms with E-state index >= 15 is 0 Å². The van der Waals surface area contributed by atoms with Gasteiger partial charge in [-0.3, -0.25) is 4.79 Å². The molecule has 8 unspecified atom stereocenters. The second-order valence-electron chi connectivity index (χ2n) is 9.97. The number of aliphatic hydroxyl groups excluding tert-OH is 1. The normalized spacial score (nSPS) is 53.8. The molecule has 8 atom stereocenters. The second-order valence-corrected chi connectivity index (χ2v) is 9.97. The standard InChI is InChI=1S/C21H34O3/c1-20(24)9-7-14-13(11-20)3-4-16-15(14)8-10-21(2)17(16)5-6-18(21)19(23)12-22/h13-18,22,24H,3-12H2,1-2H3. The van der Waals surface area contributed by atoms with Gasteiger partial charge < -0.3 is 10.2 Å². The Morgan fingerprint density at radius 1 is 0.958 bits per heavy atom. The fraction of sp³-hybridized carbons (Fsp3) is 0.952. The summed E-state index contributed by atoms with van der Waals surface area (Å²) in [6.45, 7) is 4.09. The highest BCUT2D eigenvalue weighted by atomic mass is 16.3. The van der Waals surface area contributed by atoms with Crippen molar-refractivity contribution in [2.45, 2.75) is 77.2 Å². The number of ketones is 1. The SMILES string of the molecule is CC1(O)CCC2C(CCC3C2CCC2(C)C(C(=O)CO)CCC32)C1. The molecule has 0 bridgehead atoms. The summed E-state index contributed by atoms with van der Waals surface area (Å²) in [4.78, 5) is 12.3. The van der Waals surface area contributed by atoms with E-state index in [1.54, 1.807) is 0 Å². The van der Waals surface area contributed by atoms with Crippen LogP contribution in [0.1, 0.15) is 71.6 Å². The van der Waals surface area contributed by atoms with Gasteiger partial charge in [0.25, 0.3) is 0 Å². The molecule has 4 aliphatic rings. The van der Waals surface area contributed by atoms with Crippen molar-refractivity contribution in [2.75, 3.05) is 6.61 Å². The fourth-order valence-corrected chi connectivity index (χ4v) is 7.72. The molecule has 0 aromatic carbocycles. The van der Waals surface area contributed by atoms with Crippen LogP contribution in [0.4, 0.5) is 0 Å². The number of hydrogen-bond donors (Lipinski definition) is 2. The molecule has 0 aliphatic heterocycles. The van der Waals surface area contributed by atoms with Gasteiger partial charge in [0, 0.05) is 5.92 Å². The number of rotatable bonds is 2. The average molecular weight is 335 g/mol. The van der Waals surface area contributed by atoms with Crippen molar-refractivity contribution in [3.63, 3.8) is 0 Å². The summed E-state index contributed by atoms with van der Waals surface area (Å²) in [6.07, 6.45) is 10.3. The Morgan fingerprint density at radius 2 is 1.71 bits per heavy atom. The summed E-state index contributed by atoms with van der Waals surface area (Å²) in [7, 11) is 0. The van der Waals surface area contributed by atoms with Crippen molar-refractivity contribution < 1.29 is 15.0 Å². The predicted octanol–water partition coefficient (Wildman–Crippen LogP) is 3.57. The van der Waals surface area contributed by atoms with Crippen LogP contribution in [0.2, 0.25) is 0 Å². The third-order valence-electron chi connectivity index (χ3n) is 8.78. The van der Waals surface area contributed by atoms with E-state index in [1.807, 2.05) is 6.92 Å². The van der Waals surface area contributed by atoms with E-state index < -0.39 is 5.60 Å². The van der Waals surface area contributed by atoms with Gasteiger partial charge in [0.1, 0.15) is 6.61 Å². The highest BCUT2D eigenvalue weighted by Crippen LogP contribution is 2.64. The largest absolute Gasteiger partial charge is 0.390 e. The first-order valence-electron chi connectivity index (χ1n) is 10.2. The first-order valence-corrected chi connectivity index (χ1v) is 10.2. The zero-order valence-electron chi connectivity index (χ0n) is 15.3. The van der Waals surface area contributed by atoms with Crippen LogP contribution in [-0.2, 0) is 4.79 Å². The molecular weight excluding hydrogens is 300 g/mol. The number of Topliss-reactive ketones (excluding diaryl/α,β-unsaturated/α-hetero) is 1. The number of hydrogen-bond acceptors (Lipinski definition) is 3. The Balaban J connectivity index is 1.54. The lowest BCUT2D eigenvalue weighted by Crippen LogP contribution is -2.51. The Labute approximate surface area is 146 Å². The molecule has 2 N–H and O–H groups in total. The van der Waals surface area contributed by atoms with Crippen LogP contribution in [0.25, 0.3) is 0 Å². The van der Waals surface area contributed by atoms with Crippen molar-refractivity contribution in [3.8, 4) is 0 Å². The molecule has 0 amide bonds. The molecule has 0 aromatic heterocycles. The summed E-state index contributed by atoms with van der Waals surface area (Å²) >= 11 is 0. The van der Waals surface area contributed by atoms with Crippen molar-refractivity contribution in [3.05, 3.63) is 0 Å². The molecule has 4 fully saturated rings. The maximum atomic E-state index is 12.3. The van der Waals surface area contributed by atoms with Gasteiger partial charge in [-0.15, -0.1) is 0 Å². The van der Waals surface area contributed by atoms with E-state index in [2.05, 4.69) is 6.92 Å². The maximum absolute atomic E-state index is 12.3. The Kier molecular flexibility index (Phi) is 4.12. The molecule has 4 aliphatic carbocycles. The van der Waals surface area contributed by atoms with Gasteiger partial charge in [0.2, 0.25) is 0 Å². The Bertz CT molecular complexity index is 513. The van der Waals surface area contributed by atoms with E-state index in [0.717, 1.165) is 49.4 Å². The average Bonchev–Trinajstić information content (AvgIpc) is 2.90. The second kappa shape index (κ2) is 5.81. The molecule has 0 saturated heterocycles. The van der Waals surface area contributed by atoms with E-state index in [-0.39, 0.29) is 23.7 Å². The summed E-state index contributed by atoms with van der Waals surface area (Å²) in [5.41, 5.74) is -0.308. The topological polar surface area (TPSA) is 57.5 Å². The predicted molar refractivity (Wildman–Crippen MR) is 93.3 cm³/mol. The van der Waals surface area contributed by atoms with Crippen LogP contribution >= 0.6 is 0 Å². The van der Waals surface area contributed by atoms with Crippen molar-refractivity contribution >= 4 is 5.78 Å². The minimum Gasteiger partial charge on any atom is -0.390 e. The molecule has 0 heterocycles. The van der Waals surface area contributed by atoms with Gasteiger partial charge in [-0.25, -0.2) is 0 Å². The molecule has 4 rings (SSSR count). The van der Waals surface area contributed by atoms with Crippen LogP contribution in [0.5, 0.6) is 0 Å². The quantitative estimate of drug-likeness (QED) is 0.812. The molecule has 0 aromatic rings. The molecule has 3 nitrogen and oxygen atoms in total. The van der Waals surface area contributed by atoms with Crippen molar-refractivity contribution in [2.24, 2.45) is 40.9 Å². The van der Waals surface area contributed by atoms with Crippen LogP contribution in [0, 0.1) is 40.9 Å². The molecule has 0 radical (unpaired) electrons. The van der Waals surface area contributed by atoms with Gasteiger partial charge >= 0.3 is 0 Å². The summed E-state index contributed by atoms with van der Waals surface area (Å²) < 4.78 is 0. The van der Waals surface area contributed by atoms with Crippen LogP contribution in [-0.4, -0.2) is 28.2 Å². The molecule has 136 valence electrons. The molecule has 3 heteroatoms. The minimum atomic E-state index is -0.441. The molecular formula is C21H34O3. The first-order chi connectivity index (χ1) is 11.4. The van der Waals surface area contributed by atoms with Crippen LogP contribution < -0.4 is 0 Å². The zero-order chi connectivity index (χ0) is 17.1. The minimum absolute atomic E-state index is 0.0841. The Morgan fingerprint density at radius 3 is 2.46 bits per heavy atom. The molecule has 0 spiro atoms. The smallest absolute Gasteiger partial charge is 0.161 e. The van der Waals surface area contributed by atoms with Gasteiger partial charge in [-0.2, -0.15) is 0 Å². The number of aliphatic hydroxyl groups is 2. The van der Waals surface area contributed by atoms with E-state index in [1.165, 1.54) is 32.1 Å². The lowest BCUT2D eigenvalue weighted by molar-refractivity contribution is -0.134. The van der Waals surface area contributed by atoms with Gasteiger partial charge in [-0.1, -0.05) is 6.92 Å². The number of fused-ring (bicyclic) bond motifs is 5. The van der Waals surface area contributed by atoms with E-state index in [4.69, 9.17) is 0 Å². The van der Waals surface area contributed by atoms with E-state index in [0.29, 0.717) is 5.92 Å². The van der Waals surface area contributed by atoms with Crippen molar-refractivity contribution in [1.82, 2.24) is 0 Å². The summed E-state index contributed by atoms with van der Waals surface area (Å²) in [6, 6.07) is 0. The highest BCUT2D eigenvalue weighted by molar-refractivity contribution is 5.83. The highest BCUT2D eigenvalue weighted by Gasteiger charge is 2.58. The zero-order valence-corrected chi connectivity index (χ0v) is 15.3. The first kappa shape index (κ1) is 17.0. The third kappa shape index (κ3) is 2.49. The third-order valence-corrected chi connectivity index (χ3v) is 8.78. The van der Waals surface area contributed by atoms with Crippen LogP contribution in [0.3, 0.4) is 0 Å². The molecule has 24 heavy (non-hydrogen) atoms. The Hall–Kier alpha value is -0.410. The maximum Gasteiger partial charge on any atom is 0.161 e. The van der Waals surface area contributed by atoms with Gasteiger partial charge in [-0.05, 0) is 99.7 Å². The lowest BCUT2D eigenvalue weighted by Gasteiger charge is -2.56.